The van der Waals surface area contributed by atoms with Gasteiger partial charge in [-0.15, -0.1) is 0 Å². The van der Waals surface area contributed by atoms with Gasteiger partial charge in [-0.05, 0) is 55.0 Å². The lowest BCUT2D eigenvalue weighted by Crippen LogP contribution is -2.32. The van der Waals surface area contributed by atoms with Crippen LogP contribution in [0.4, 0.5) is 0 Å². The van der Waals surface area contributed by atoms with Gasteiger partial charge in [0.1, 0.15) is 11.3 Å². The predicted molar refractivity (Wildman–Crippen MR) is 99.1 cm³/mol. The first-order valence-electron chi connectivity index (χ1n) is 8.88. The van der Waals surface area contributed by atoms with E-state index in [1.165, 1.54) is 4.90 Å². The van der Waals surface area contributed by atoms with Crippen molar-refractivity contribution in [2.45, 2.75) is 32.2 Å². The maximum atomic E-state index is 12.7. The summed E-state index contributed by atoms with van der Waals surface area (Å²) in [6.07, 6.45) is 3.86. The van der Waals surface area contributed by atoms with Crippen LogP contribution in [0.5, 0.6) is 5.75 Å². The highest BCUT2D eigenvalue weighted by molar-refractivity contribution is 5.93. The van der Waals surface area contributed by atoms with Gasteiger partial charge in [-0.3, -0.25) is 9.59 Å². The van der Waals surface area contributed by atoms with Crippen LogP contribution in [0.2, 0.25) is 0 Å². The minimum Gasteiger partial charge on any atom is -0.482 e. The Morgan fingerprint density at radius 2 is 1.89 bits per heavy atom. The number of aliphatic carboxylic acids is 1. The summed E-state index contributed by atoms with van der Waals surface area (Å²) in [5.74, 6) is -0.920. The number of fused-ring (bicyclic) bond motifs is 1. The molecule has 0 bridgehead atoms. The average molecular weight is 370 g/mol. The molecular weight excluding hydrogens is 348 g/mol. The van der Waals surface area contributed by atoms with Crippen LogP contribution in [-0.2, 0) is 24.2 Å². The standard InChI is InChI=1S/C20H22N2O5/c1-22(11-13-6-8-15(9-7-13)27-12-18(23)24)20(26)16-10-14-4-2-3-5-17(14)21-19(16)25/h6-10H,2-5,11-12H2,1H3,(H,21,25)(H,23,24). The molecular formula is C20H22N2O5. The van der Waals surface area contributed by atoms with Crippen LogP contribution >= 0.6 is 0 Å². The number of nitrogens with zero attached hydrogens (tertiary/aromatic N) is 1. The van der Waals surface area contributed by atoms with Gasteiger partial charge in [0.2, 0.25) is 0 Å². The number of rotatable bonds is 6. The van der Waals surface area contributed by atoms with E-state index in [1.807, 2.05) is 0 Å². The number of aryl methyl sites for hydroxylation is 2. The summed E-state index contributed by atoms with van der Waals surface area (Å²) in [7, 11) is 1.65. The number of aromatic nitrogens is 1. The Bertz CT molecular complexity index is 902. The second-order valence-electron chi connectivity index (χ2n) is 6.71. The number of amides is 1. The van der Waals surface area contributed by atoms with Crippen LogP contribution in [0.1, 0.15) is 40.0 Å². The van der Waals surface area contributed by atoms with E-state index < -0.39 is 12.6 Å². The molecule has 0 atom stereocenters. The summed E-state index contributed by atoms with van der Waals surface area (Å²) in [4.78, 5) is 39.9. The fourth-order valence-corrected chi connectivity index (χ4v) is 3.22. The van der Waals surface area contributed by atoms with E-state index in [0.717, 1.165) is 42.5 Å². The molecule has 0 spiro atoms. The molecule has 0 saturated carbocycles. The Morgan fingerprint density at radius 3 is 2.59 bits per heavy atom. The molecule has 7 nitrogen and oxygen atoms in total. The second-order valence-corrected chi connectivity index (χ2v) is 6.71. The number of pyridine rings is 1. The van der Waals surface area contributed by atoms with Crippen molar-refractivity contribution in [3.8, 4) is 5.75 Å². The number of benzene rings is 1. The van der Waals surface area contributed by atoms with Crippen LogP contribution in [0.3, 0.4) is 0 Å². The maximum Gasteiger partial charge on any atom is 0.341 e. The Kier molecular flexibility index (Phi) is 5.59. The van der Waals surface area contributed by atoms with Crippen LogP contribution < -0.4 is 10.3 Å². The first kappa shape index (κ1) is 18.7. The van der Waals surface area contributed by atoms with Gasteiger partial charge in [-0.1, -0.05) is 12.1 Å². The fraction of sp³-hybridized carbons (Fsp3) is 0.350. The largest absolute Gasteiger partial charge is 0.482 e. The molecule has 7 heteroatoms. The maximum absolute atomic E-state index is 12.7. The van der Waals surface area contributed by atoms with Crippen LogP contribution in [0, 0.1) is 0 Å². The highest BCUT2D eigenvalue weighted by atomic mass is 16.5. The lowest BCUT2D eigenvalue weighted by Gasteiger charge is -2.20. The van der Waals surface area contributed by atoms with Crippen LogP contribution in [-0.4, -0.2) is 40.5 Å². The van der Waals surface area contributed by atoms with Crippen molar-refractivity contribution in [1.82, 2.24) is 9.88 Å². The Hall–Kier alpha value is -3.09. The molecule has 0 aliphatic heterocycles. The third kappa shape index (κ3) is 4.55. The number of carbonyl (C=O) groups excluding carboxylic acids is 1. The minimum absolute atomic E-state index is 0.166. The summed E-state index contributed by atoms with van der Waals surface area (Å²) in [5, 5.41) is 8.62. The van der Waals surface area contributed by atoms with Crippen LogP contribution in [0.25, 0.3) is 0 Å². The summed E-state index contributed by atoms with van der Waals surface area (Å²) < 4.78 is 5.09. The zero-order valence-corrected chi connectivity index (χ0v) is 15.2. The Morgan fingerprint density at radius 1 is 1.19 bits per heavy atom. The van der Waals surface area contributed by atoms with Gasteiger partial charge in [0.15, 0.2) is 6.61 Å². The van der Waals surface area contributed by atoms with E-state index in [0.29, 0.717) is 12.3 Å². The van der Waals surface area contributed by atoms with Crippen molar-refractivity contribution in [1.29, 1.82) is 0 Å². The van der Waals surface area contributed by atoms with Crippen molar-refractivity contribution < 1.29 is 19.4 Å². The quantitative estimate of drug-likeness (QED) is 0.810. The zero-order chi connectivity index (χ0) is 19.4. The molecule has 142 valence electrons. The monoisotopic (exact) mass is 370 g/mol. The van der Waals surface area contributed by atoms with Gasteiger partial charge in [0.05, 0.1) is 0 Å². The third-order valence-corrected chi connectivity index (χ3v) is 4.62. The molecule has 0 saturated heterocycles. The van der Waals surface area contributed by atoms with Crippen LogP contribution in [0.15, 0.2) is 35.1 Å². The number of aromatic amines is 1. The molecule has 2 aromatic rings. The van der Waals surface area contributed by atoms with Gasteiger partial charge < -0.3 is 19.7 Å². The molecule has 0 radical (unpaired) electrons. The van der Waals surface area contributed by atoms with Crippen molar-refractivity contribution in [3.05, 3.63) is 63.1 Å². The molecule has 1 aromatic carbocycles. The van der Waals surface area contributed by atoms with Gasteiger partial charge >= 0.3 is 5.97 Å². The number of carboxylic acids is 1. The molecule has 0 fully saturated rings. The zero-order valence-electron chi connectivity index (χ0n) is 15.2. The second kappa shape index (κ2) is 8.07. The van der Waals surface area contributed by atoms with Gasteiger partial charge in [-0.25, -0.2) is 4.79 Å². The number of H-pyrrole nitrogens is 1. The van der Waals surface area contributed by atoms with Crippen molar-refractivity contribution >= 4 is 11.9 Å². The number of carbonyl (C=O) groups is 2. The minimum atomic E-state index is -1.04. The fourth-order valence-electron chi connectivity index (χ4n) is 3.22. The highest BCUT2D eigenvalue weighted by Crippen LogP contribution is 2.19. The number of nitrogens with one attached hydrogen (secondary N) is 1. The highest BCUT2D eigenvalue weighted by Gasteiger charge is 2.20. The predicted octanol–water partition coefficient (Wildman–Crippen LogP) is 1.99. The summed E-state index contributed by atoms with van der Waals surface area (Å²) in [6, 6.07) is 8.57. The van der Waals surface area contributed by atoms with Crippen molar-refractivity contribution in [2.24, 2.45) is 0 Å². The number of hydrogen-bond donors (Lipinski definition) is 2. The molecule has 1 heterocycles. The molecule has 2 N–H and O–H groups in total. The van der Waals surface area contributed by atoms with Gasteiger partial charge in [0, 0.05) is 19.3 Å². The molecule has 0 unspecified atom stereocenters. The summed E-state index contributed by atoms with van der Waals surface area (Å²) >= 11 is 0. The normalized spacial score (nSPS) is 12.9. The topological polar surface area (TPSA) is 99.7 Å². The summed E-state index contributed by atoms with van der Waals surface area (Å²) in [5.41, 5.74) is 2.67. The van der Waals surface area contributed by atoms with Crippen molar-refractivity contribution in [3.63, 3.8) is 0 Å². The molecule has 1 aliphatic carbocycles. The number of hydrogen-bond acceptors (Lipinski definition) is 4. The van der Waals surface area contributed by atoms with E-state index >= 15 is 0 Å². The van der Waals surface area contributed by atoms with E-state index in [2.05, 4.69) is 4.98 Å². The SMILES string of the molecule is CN(Cc1ccc(OCC(=O)O)cc1)C(=O)c1cc2c([nH]c1=O)CCCC2. The van der Waals surface area contributed by atoms with E-state index in [-0.39, 0.29) is 17.0 Å². The average Bonchev–Trinajstić information content (AvgIpc) is 2.66. The van der Waals surface area contributed by atoms with Crippen molar-refractivity contribution in [2.75, 3.05) is 13.7 Å². The third-order valence-electron chi connectivity index (χ3n) is 4.62. The molecule has 27 heavy (non-hydrogen) atoms. The Labute approximate surface area is 156 Å². The van der Waals surface area contributed by atoms with Gasteiger partial charge in [0.25, 0.3) is 11.5 Å². The number of ether oxygens (including phenoxy) is 1. The molecule has 3 rings (SSSR count). The Balaban J connectivity index is 1.69. The van der Waals surface area contributed by atoms with Gasteiger partial charge in [-0.2, -0.15) is 0 Å². The first-order valence-corrected chi connectivity index (χ1v) is 8.88. The molecule has 1 aromatic heterocycles. The van der Waals surface area contributed by atoms with E-state index in [1.54, 1.807) is 37.4 Å². The smallest absolute Gasteiger partial charge is 0.341 e. The van der Waals surface area contributed by atoms with E-state index in [4.69, 9.17) is 9.84 Å². The van der Waals surface area contributed by atoms with E-state index in [9.17, 15) is 14.4 Å². The first-order chi connectivity index (χ1) is 12.9. The molecule has 1 amide bonds. The lowest BCUT2D eigenvalue weighted by atomic mass is 9.95. The number of carboxylic acid groups (broad SMARTS) is 1. The summed E-state index contributed by atoms with van der Waals surface area (Å²) in [6.45, 7) is -0.0760. The molecule has 1 aliphatic rings. The lowest BCUT2D eigenvalue weighted by molar-refractivity contribution is -0.139.